The van der Waals surface area contributed by atoms with Gasteiger partial charge in [0.15, 0.2) is 0 Å². The van der Waals surface area contributed by atoms with Crippen LogP contribution in [-0.4, -0.2) is 27.6 Å². The molecule has 0 amide bonds. The van der Waals surface area contributed by atoms with Crippen molar-refractivity contribution in [2.24, 2.45) is 0 Å². The van der Waals surface area contributed by atoms with Crippen LogP contribution in [0, 0.1) is 0 Å². The summed E-state index contributed by atoms with van der Waals surface area (Å²) in [6, 6.07) is 0. The van der Waals surface area contributed by atoms with Crippen LogP contribution >= 0.6 is 0 Å². The van der Waals surface area contributed by atoms with E-state index < -0.39 is 6.10 Å². The molecule has 86 valence electrons. The molecule has 2 unspecified atom stereocenters. The topological polar surface area (TPSA) is 47.3 Å². The van der Waals surface area contributed by atoms with Crippen LogP contribution in [0.2, 0.25) is 0 Å². The van der Waals surface area contributed by atoms with E-state index >= 15 is 0 Å². The van der Waals surface area contributed by atoms with E-state index in [0.717, 1.165) is 18.5 Å². The molecule has 0 aliphatic heterocycles. The maximum atomic E-state index is 9.92. The second-order valence-corrected chi connectivity index (χ2v) is 3.64. The van der Waals surface area contributed by atoms with Crippen LogP contribution in [0.15, 0.2) is 12.4 Å². The Morgan fingerprint density at radius 2 is 2.27 bits per heavy atom. The molecule has 15 heavy (non-hydrogen) atoms. The molecule has 2 atom stereocenters. The van der Waals surface area contributed by atoms with E-state index in [1.807, 2.05) is 24.7 Å². The van der Waals surface area contributed by atoms with Gasteiger partial charge in [0.2, 0.25) is 0 Å². The predicted molar refractivity (Wildman–Crippen MR) is 58.6 cm³/mol. The van der Waals surface area contributed by atoms with Gasteiger partial charge in [-0.2, -0.15) is 5.10 Å². The van der Waals surface area contributed by atoms with Gasteiger partial charge in [-0.1, -0.05) is 6.92 Å². The number of rotatable bonds is 6. The normalized spacial score (nSPS) is 15.2. The fraction of sp³-hybridized carbons (Fsp3) is 0.727. The molecule has 1 aromatic rings. The van der Waals surface area contributed by atoms with Crippen molar-refractivity contribution in [2.45, 2.75) is 45.9 Å². The summed E-state index contributed by atoms with van der Waals surface area (Å²) in [5, 5.41) is 14.1. The summed E-state index contributed by atoms with van der Waals surface area (Å²) < 4.78 is 7.18. The Bertz CT molecular complexity index is 286. The van der Waals surface area contributed by atoms with E-state index in [4.69, 9.17) is 4.74 Å². The molecule has 1 aromatic heterocycles. The minimum Gasteiger partial charge on any atom is -0.386 e. The average molecular weight is 212 g/mol. The van der Waals surface area contributed by atoms with Crippen molar-refractivity contribution >= 4 is 0 Å². The Morgan fingerprint density at radius 1 is 1.53 bits per heavy atom. The first kappa shape index (κ1) is 12.2. The molecule has 0 saturated heterocycles. The van der Waals surface area contributed by atoms with Crippen molar-refractivity contribution in [1.82, 2.24) is 9.78 Å². The number of aliphatic hydroxyl groups excluding tert-OH is 1. The summed E-state index contributed by atoms with van der Waals surface area (Å²) in [5.41, 5.74) is 0.824. The smallest absolute Gasteiger partial charge is 0.108 e. The zero-order valence-electron chi connectivity index (χ0n) is 9.68. The lowest BCUT2D eigenvalue weighted by atomic mass is 10.1. The van der Waals surface area contributed by atoms with Crippen molar-refractivity contribution in [1.29, 1.82) is 0 Å². The van der Waals surface area contributed by atoms with Crippen LogP contribution in [0.1, 0.15) is 38.9 Å². The van der Waals surface area contributed by atoms with E-state index in [9.17, 15) is 5.11 Å². The molecule has 4 nitrogen and oxygen atoms in total. The summed E-state index contributed by atoms with van der Waals surface area (Å²) in [5.74, 6) is 0. The van der Waals surface area contributed by atoms with Gasteiger partial charge in [0, 0.05) is 24.9 Å². The fourth-order valence-electron chi connectivity index (χ4n) is 1.51. The van der Waals surface area contributed by atoms with Gasteiger partial charge in [0.1, 0.15) is 6.10 Å². The van der Waals surface area contributed by atoms with Crippen molar-refractivity contribution in [3.05, 3.63) is 18.0 Å². The summed E-state index contributed by atoms with van der Waals surface area (Å²) in [4.78, 5) is 0. The summed E-state index contributed by atoms with van der Waals surface area (Å²) in [6.45, 7) is 7.38. The molecule has 0 spiro atoms. The molecule has 4 heteroatoms. The average Bonchev–Trinajstić information content (AvgIpc) is 2.66. The molecule has 0 saturated carbocycles. The van der Waals surface area contributed by atoms with E-state index in [1.54, 1.807) is 6.20 Å². The first-order valence-corrected chi connectivity index (χ1v) is 5.51. The molecule has 1 N–H and O–H groups in total. The molecule has 0 radical (unpaired) electrons. The van der Waals surface area contributed by atoms with Crippen LogP contribution in [0.25, 0.3) is 0 Å². The molecule has 0 fully saturated rings. The van der Waals surface area contributed by atoms with Crippen molar-refractivity contribution < 1.29 is 9.84 Å². The first-order chi connectivity index (χ1) is 7.19. The predicted octanol–water partition coefficient (Wildman–Crippen LogP) is 1.75. The van der Waals surface area contributed by atoms with Crippen molar-refractivity contribution in [3.8, 4) is 0 Å². The Kier molecular flexibility index (Phi) is 4.78. The van der Waals surface area contributed by atoms with Gasteiger partial charge in [-0.15, -0.1) is 0 Å². The highest BCUT2D eigenvalue weighted by molar-refractivity contribution is 5.09. The number of nitrogens with zero attached hydrogens (tertiary/aromatic N) is 2. The number of aryl methyl sites for hydroxylation is 1. The van der Waals surface area contributed by atoms with Gasteiger partial charge in [-0.25, -0.2) is 0 Å². The lowest BCUT2D eigenvalue weighted by molar-refractivity contribution is -0.0228. The maximum absolute atomic E-state index is 9.92. The van der Waals surface area contributed by atoms with Crippen molar-refractivity contribution in [3.63, 3.8) is 0 Å². The Balaban J connectivity index is 2.60. The fourth-order valence-corrected chi connectivity index (χ4v) is 1.51. The zero-order chi connectivity index (χ0) is 11.3. The van der Waals surface area contributed by atoms with Crippen LogP contribution in [0.5, 0.6) is 0 Å². The van der Waals surface area contributed by atoms with Gasteiger partial charge in [-0.3, -0.25) is 4.68 Å². The van der Waals surface area contributed by atoms with Crippen LogP contribution in [-0.2, 0) is 11.3 Å². The minimum atomic E-state index is -0.587. The van der Waals surface area contributed by atoms with Gasteiger partial charge in [-0.05, 0) is 20.3 Å². The largest absolute Gasteiger partial charge is 0.386 e. The first-order valence-electron chi connectivity index (χ1n) is 5.51. The molecule has 0 aliphatic carbocycles. The zero-order valence-corrected chi connectivity index (χ0v) is 9.68. The Morgan fingerprint density at radius 3 is 2.87 bits per heavy atom. The number of hydrogen-bond donors (Lipinski definition) is 1. The molecule has 1 heterocycles. The van der Waals surface area contributed by atoms with Gasteiger partial charge >= 0.3 is 0 Å². The molecule has 1 rings (SSSR count). The Labute approximate surface area is 90.9 Å². The second-order valence-electron chi connectivity index (χ2n) is 3.64. The Hall–Kier alpha value is -0.870. The van der Waals surface area contributed by atoms with E-state index in [1.165, 1.54) is 0 Å². The molecule has 0 aromatic carbocycles. The highest BCUT2D eigenvalue weighted by Gasteiger charge is 2.17. The molecular formula is C11H20N2O2. The van der Waals surface area contributed by atoms with Gasteiger partial charge < -0.3 is 9.84 Å². The highest BCUT2D eigenvalue weighted by Crippen LogP contribution is 2.18. The number of aromatic nitrogens is 2. The number of aliphatic hydroxyl groups is 1. The summed E-state index contributed by atoms with van der Waals surface area (Å²) >= 11 is 0. The van der Waals surface area contributed by atoms with Crippen molar-refractivity contribution in [2.75, 3.05) is 6.61 Å². The van der Waals surface area contributed by atoms with Crippen LogP contribution in [0.3, 0.4) is 0 Å². The highest BCUT2D eigenvalue weighted by atomic mass is 16.5. The SMILES string of the molecule is CCCn1cc(C(O)C(C)OCC)cn1. The van der Waals surface area contributed by atoms with Gasteiger partial charge in [0.05, 0.1) is 12.3 Å². The summed E-state index contributed by atoms with van der Waals surface area (Å²) in [6.07, 6.45) is 3.85. The van der Waals surface area contributed by atoms with Gasteiger partial charge in [0.25, 0.3) is 0 Å². The lowest BCUT2D eigenvalue weighted by Crippen LogP contribution is -2.18. The third kappa shape index (κ3) is 3.32. The monoisotopic (exact) mass is 212 g/mol. The standard InChI is InChI=1S/C11H20N2O2/c1-4-6-13-8-10(7-12-13)11(14)9(3)15-5-2/h7-9,11,14H,4-6H2,1-3H3. The van der Waals surface area contributed by atoms with E-state index in [0.29, 0.717) is 6.61 Å². The third-order valence-electron chi connectivity index (χ3n) is 2.32. The van der Waals surface area contributed by atoms with E-state index in [2.05, 4.69) is 12.0 Å². The van der Waals surface area contributed by atoms with E-state index in [-0.39, 0.29) is 6.10 Å². The minimum absolute atomic E-state index is 0.186. The van der Waals surface area contributed by atoms with Crippen LogP contribution < -0.4 is 0 Å². The van der Waals surface area contributed by atoms with Crippen LogP contribution in [0.4, 0.5) is 0 Å². The summed E-state index contributed by atoms with van der Waals surface area (Å²) in [7, 11) is 0. The maximum Gasteiger partial charge on any atom is 0.108 e. The molecule has 0 bridgehead atoms. The lowest BCUT2D eigenvalue weighted by Gasteiger charge is -2.17. The number of ether oxygens (including phenoxy) is 1. The second kappa shape index (κ2) is 5.88. The molecule has 0 aliphatic rings. The molecular weight excluding hydrogens is 192 g/mol. The number of hydrogen-bond acceptors (Lipinski definition) is 3. The quantitative estimate of drug-likeness (QED) is 0.781. The third-order valence-corrected chi connectivity index (χ3v) is 2.32.